The molecule has 178 valence electrons. The molecule has 0 spiro atoms. The lowest BCUT2D eigenvalue weighted by atomic mass is 10.1. The van der Waals surface area contributed by atoms with Crippen LogP contribution >= 0.6 is 0 Å². The molecular formula is C26H24FN5O3. The smallest absolute Gasteiger partial charge is 0.254 e. The average molecular weight is 474 g/mol. The Morgan fingerprint density at radius 1 is 0.971 bits per heavy atom. The number of phenols is 1. The number of halogens is 1. The van der Waals surface area contributed by atoms with E-state index in [0.29, 0.717) is 54.2 Å². The van der Waals surface area contributed by atoms with Gasteiger partial charge in [-0.1, -0.05) is 12.1 Å². The van der Waals surface area contributed by atoms with Crippen LogP contribution in [0.3, 0.4) is 0 Å². The summed E-state index contributed by atoms with van der Waals surface area (Å²) in [7, 11) is 0. The van der Waals surface area contributed by atoms with Crippen molar-refractivity contribution in [3.05, 3.63) is 78.1 Å². The van der Waals surface area contributed by atoms with E-state index in [0.717, 1.165) is 5.69 Å². The summed E-state index contributed by atoms with van der Waals surface area (Å²) in [6.07, 6.45) is 0. The van der Waals surface area contributed by atoms with Gasteiger partial charge in [-0.15, -0.1) is 0 Å². The summed E-state index contributed by atoms with van der Waals surface area (Å²) in [6, 6.07) is 18.2. The summed E-state index contributed by atoms with van der Waals surface area (Å²) < 4.78 is 14.9. The summed E-state index contributed by atoms with van der Waals surface area (Å²) in [4.78, 5) is 33.5. The lowest BCUT2D eigenvalue weighted by Crippen LogP contribution is -2.48. The molecule has 1 fully saturated rings. The van der Waals surface area contributed by atoms with Crippen LogP contribution in [0.4, 0.5) is 10.1 Å². The number of primary amides is 1. The predicted molar refractivity (Wildman–Crippen MR) is 131 cm³/mol. The van der Waals surface area contributed by atoms with Gasteiger partial charge in [0.25, 0.3) is 5.91 Å². The molecule has 35 heavy (non-hydrogen) atoms. The number of hydrogen-bond donors (Lipinski definition) is 2. The molecule has 0 saturated carbocycles. The minimum Gasteiger partial charge on any atom is -0.508 e. The SMILES string of the molecule is NC(=O)Cn1c(-c2cccc(O)c2)nc2cc(C(=O)N3CCN(c4ccc(F)cc4)CC3)ccc21. The quantitative estimate of drug-likeness (QED) is 0.464. The number of aromatic hydroxyl groups is 1. The van der Waals surface area contributed by atoms with Crippen LogP contribution in [0.2, 0.25) is 0 Å². The molecule has 9 heteroatoms. The molecule has 1 aliphatic heterocycles. The number of carbonyl (C=O) groups is 2. The Labute approximate surface area is 201 Å². The maximum atomic E-state index is 13.2. The Bertz CT molecular complexity index is 1410. The standard InChI is InChI=1S/C26H24FN5O3/c27-19-5-7-20(8-6-19)30-10-12-31(13-11-30)26(35)18-4-9-23-22(15-18)29-25(32(23)16-24(28)34)17-2-1-3-21(33)14-17/h1-9,14-15,33H,10-13,16H2,(H2,28,34). The third kappa shape index (κ3) is 4.52. The largest absolute Gasteiger partial charge is 0.508 e. The van der Waals surface area contributed by atoms with Gasteiger partial charge in [-0.25, -0.2) is 9.37 Å². The number of benzene rings is 3. The van der Waals surface area contributed by atoms with Crippen molar-refractivity contribution < 1.29 is 19.1 Å². The van der Waals surface area contributed by atoms with E-state index in [4.69, 9.17) is 5.73 Å². The minimum absolute atomic E-state index is 0.0795. The number of amides is 2. The fourth-order valence-electron chi connectivity index (χ4n) is 4.45. The Balaban J connectivity index is 1.39. The van der Waals surface area contributed by atoms with Crippen LogP contribution in [-0.4, -0.2) is 57.6 Å². The molecular weight excluding hydrogens is 449 g/mol. The third-order valence-corrected chi connectivity index (χ3v) is 6.17. The van der Waals surface area contributed by atoms with E-state index in [1.54, 1.807) is 64.1 Å². The van der Waals surface area contributed by atoms with Crippen molar-refractivity contribution in [2.75, 3.05) is 31.1 Å². The summed E-state index contributed by atoms with van der Waals surface area (Å²) in [5.41, 5.74) is 8.75. The minimum atomic E-state index is -0.523. The van der Waals surface area contributed by atoms with Crippen molar-refractivity contribution in [3.63, 3.8) is 0 Å². The van der Waals surface area contributed by atoms with Crippen LogP contribution in [0.25, 0.3) is 22.4 Å². The average Bonchev–Trinajstić information content (AvgIpc) is 3.21. The van der Waals surface area contributed by atoms with E-state index in [2.05, 4.69) is 9.88 Å². The zero-order valence-corrected chi connectivity index (χ0v) is 18.9. The molecule has 1 aliphatic rings. The van der Waals surface area contributed by atoms with Gasteiger partial charge < -0.3 is 25.2 Å². The van der Waals surface area contributed by atoms with Gasteiger partial charge in [0.05, 0.1) is 11.0 Å². The van der Waals surface area contributed by atoms with Crippen LogP contribution in [0.5, 0.6) is 5.75 Å². The molecule has 3 aromatic carbocycles. The number of piperazine rings is 1. The number of nitrogens with two attached hydrogens (primary N) is 1. The number of fused-ring (bicyclic) bond motifs is 1. The second kappa shape index (κ2) is 9.09. The predicted octanol–water partition coefficient (Wildman–Crippen LogP) is 3.00. The Kier molecular flexibility index (Phi) is 5.82. The second-order valence-corrected chi connectivity index (χ2v) is 8.50. The maximum absolute atomic E-state index is 13.2. The number of hydrogen-bond acceptors (Lipinski definition) is 5. The molecule has 2 amide bonds. The first-order valence-electron chi connectivity index (χ1n) is 11.3. The summed E-state index contributed by atoms with van der Waals surface area (Å²) >= 11 is 0. The van der Waals surface area contributed by atoms with Gasteiger partial charge in [0, 0.05) is 43.0 Å². The fraction of sp³-hybridized carbons (Fsp3) is 0.192. The van der Waals surface area contributed by atoms with E-state index >= 15 is 0 Å². The zero-order valence-electron chi connectivity index (χ0n) is 18.9. The monoisotopic (exact) mass is 473 g/mol. The molecule has 0 aliphatic carbocycles. The molecule has 1 aromatic heterocycles. The maximum Gasteiger partial charge on any atom is 0.254 e. The van der Waals surface area contributed by atoms with Crippen LogP contribution in [0, 0.1) is 5.82 Å². The molecule has 2 heterocycles. The molecule has 0 unspecified atom stereocenters. The summed E-state index contributed by atoms with van der Waals surface area (Å²) in [6.45, 7) is 2.29. The van der Waals surface area contributed by atoms with Crippen LogP contribution in [0.1, 0.15) is 10.4 Å². The Morgan fingerprint density at radius 2 is 1.71 bits per heavy atom. The van der Waals surface area contributed by atoms with Crippen molar-refractivity contribution in [3.8, 4) is 17.1 Å². The van der Waals surface area contributed by atoms with Crippen molar-refractivity contribution in [2.24, 2.45) is 5.73 Å². The van der Waals surface area contributed by atoms with E-state index in [1.807, 2.05) is 0 Å². The lowest BCUT2D eigenvalue weighted by Gasteiger charge is -2.36. The lowest BCUT2D eigenvalue weighted by molar-refractivity contribution is -0.118. The number of anilines is 1. The topological polar surface area (TPSA) is 105 Å². The highest BCUT2D eigenvalue weighted by Crippen LogP contribution is 2.28. The van der Waals surface area contributed by atoms with Gasteiger partial charge in [-0.05, 0) is 54.6 Å². The number of aromatic nitrogens is 2. The number of phenolic OH excluding ortho intramolecular Hbond substituents is 1. The first-order valence-corrected chi connectivity index (χ1v) is 11.3. The molecule has 4 aromatic rings. The van der Waals surface area contributed by atoms with Crippen molar-refractivity contribution >= 4 is 28.5 Å². The van der Waals surface area contributed by atoms with E-state index < -0.39 is 5.91 Å². The van der Waals surface area contributed by atoms with E-state index in [-0.39, 0.29) is 24.0 Å². The fourth-order valence-corrected chi connectivity index (χ4v) is 4.45. The van der Waals surface area contributed by atoms with E-state index in [1.165, 1.54) is 12.1 Å². The first kappa shape index (κ1) is 22.4. The van der Waals surface area contributed by atoms with Gasteiger partial charge in [0.15, 0.2) is 0 Å². The number of rotatable bonds is 5. The number of nitrogens with zero attached hydrogens (tertiary/aromatic N) is 4. The highest BCUT2D eigenvalue weighted by atomic mass is 19.1. The first-order chi connectivity index (χ1) is 16.9. The molecule has 8 nitrogen and oxygen atoms in total. The van der Waals surface area contributed by atoms with Crippen LogP contribution in [0.15, 0.2) is 66.7 Å². The Hall–Kier alpha value is -4.40. The molecule has 5 rings (SSSR count). The molecule has 1 saturated heterocycles. The van der Waals surface area contributed by atoms with Crippen molar-refractivity contribution in [2.45, 2.75) is 6.54 Å². The highest BCUT2D eigenvalue weighted by molar-refractivity contribution is 5.98. The van der Waals surface area contributed by atoms with Gasteiger partial charge in [-0.3, -0.25) is 9.59 Å². The molecule has 3 N–H and O–H groups in total. The zero-order chi connectivity index (χ0) is 24.5. The normalized spacial score (nSPS) is 13.9. The molecule has 0 bridgehead atoms. The third-order valence-electron chi connectivity index (χ3n) is 6.17. The van der Waals surface area contributed by atoms with Crippen LogP contribution in [-0.2, 0) is 11.3 Å². The van der Waals surface area contributed by atoms with E-state index in [9.17, 15) is 19.1 Å². The van der Waals surface area contributed by atoms with Crippen molar-refractivity contribution in [1.29, 1.82) is 0 Å². The van der Waals surface area contributed by atoms with Crippen LogP contribution < -0.4 is 10.6 Å². The van der Waals surface area contributed by atoms with Crippen molar-refractivity contribution in [1.82, 2.24) is 14.5 Å². The van der Waals surface area contributed by atoms with Gasteiger partial charge in [0.2, 0.25) is 5.91 Å². The van der Waals surface area contributed by atoms with Gasteiger partial charge in [-0.2, -0.15) is 0 Å². The van der Waals surface area contributed by atoms with Gasteiger partial charge >= 0.3 is 0 Å². The molecule has 0 radical (unpaired) electrons. The summed E-state index contributed by atoms with van der Waals surface area (Å²) in [5.74, 6) is -0.342. The Morgan fingerprint density at radius 3 is 2.40 bits per heavy atom. The number of imidazole rings is 1. The highest BCUT2D eigenvalue weighted by Gasteiger charge is 2.24. The summed E-state index contributed by atoms with van der Waals surface area (Å²) in [5, 5.41) is 9.89. The molecule has 0 atom stereocenters. The van der Waals surface area contributed by atoms with Gasteiger partial charge in [0.1, 0.15) is 23.9 Å². The number of carbonyl (C=O) groups excluding carboxylic acids is 2. The second-order valence-electron chi connectivity index (χ2n) is 8.50.